The largest absolute Gasteiger partial charge is 0.289 e. The molecule has 0 atom stereocenters. The minimum atomic E-state index is -0.910. The van der Waals surface area contributed by atoms with Crippen LogP contribution < -0.4 is 0 Å². The van der Waals surface area contributed by atoms with Gasteiger partial charge in [0.25, 0.3) is 0 Å². The maximum Gasteiger partial charge on any atom is 0.185 e. The number of halogens is 2. The van der Waals surface area contributed by atoms with Gasteiger partial charge < -0.3 is 0 Å². The summed E-state index contributed by atoms with van der Waals surface area (Å²) in [6.07, 6.45) is 3.94. The van der Waals surface area contributed by atoms with Crippen molar-refractivity contribution in [2.45, 2.75) is 18.3 Å². The number of nitriles is 1. The number of Topliss-reactive ketones (excluding diaryl/α,β-unsaturated/α-hetero) is 1. The van der Waals surface area contributed by atoms with Crippen molar-refractivity contribution in [1.82, 2.24) is 0 Å². The lowest BCUT2D eigenvalue weighted by Crippen LogP contribution is -2.33. The first kappa shape index (κ1) is 20.4. The number of hydrogen-bond donors (Lipinski definition) is 0. The molecule has 1 aliphatic carbocycles. The van der Waals surface area contributed by atoms with Crippen LogP contribution in [0.3, 0.4) is 0 Å². The third-order valence-electron chi connectivity index (χ3n) is 5.53. The highest BCUT2D eigenvalue weighted by Gasteiger charge is 2.41. The molecule has 1 aliphatic rings. The molecule has 4 rings (SSSR count). The quantitative estimate of drug-likeness (QED) is 0.478. The van der Waals surface area contributed by atoms with Gasteiger partial charge in [0.1, 0.15) is 11.6 Å². The van der Waals surface area contributed by atoms with Gasteiger partial charge in [0, 0.05) is 11.1 Å². The molecule has 1 fully saturated rings. The molecular formula is C27H19F2NO. The summed E-state index contributed by atoms with van der Waals surface area (Å²) in [5, 5.41) is 10.2. The van der Waals surface area contributed by atoms with Crippen LogP contribution in [0.5, 0.6) is 0 Å². The lowest BCUT2D eigenvalue weighted by atomic mass is 9.66. The zero-order valence-corrected chi connectivity index (χ0v) is 16.7. The van der Waals surface area contributed by atoms with Gasteiger partial charge >= 0.3 is 0 Å². The van der Waals surface area contributed by atoms with Crippen LogP contribution in [0.4, 0.5) is 8.78 Å². The maximum absolute atomic E-state index is 13.3. The summed E-state index contributed by atoms with van der Waals surface area (Å²) in [6, 6.07) is 23.6. The molecule has 0 unspecified atom stereocenters. The van der Waals surface area contributed by atoms with E-state index in [1.54, 1.807) is 36.4 Å². The van der Waals surface area contributed by atoms with Crippen LogP contribution in [-0.4, -0.2) is 5.78 Å². The second-order valence-electron chi connectivity index (χ2n) is 7.68. The van der Waals surface area contributed by atoms with Gasteiger partial charge in [-0.3, -0.25) is 4.79 Å². The van der Waals surface area contributed by atoms with Gasteiger partial charge in [-0.25, -0.2) is 8.78 Å². The molecule has 4 heteroatoms. The van der Waals surface area contributed by atoms with Crippen molar-refractivity contribution in [3.8, 4) is 6.07 Å². The average Bonchev–Trinajstić information content (AvgIpc) is 2.80. The van der Waals surface area contributed by atoms with Crippen molar-refractivity contribution in [3.63, 3.8) is 0 Å². The first-order valence-corrected chi connectivity index (χ1v) is 9.93. The fourth-order valence-electron chi connectivity index (χ4n) is 3.94. The number of allylic oxidation sites excluding steroid dienone is 2. The second-order valence-corrected chi connectivity index (χ2v) is 7.68. The Morgan fingerprint density at radius 2 is 1.19 bits per heavy atom. The SMILES string of the molecule is N#CC1(c2ccccc2)CC(=Cc2ccc(F)cc2)C(=O)C(=Cc2ccc(F)cc2)C1. The molecule has 3 aromatic rings. The van der Waals surface area contributed by atoms with E-state index < -0.39 is 5.41 Å². The number of hydrogen-bond acceptors (Lipinski definition) is 2. The van der Waals surface area contributed by atoms with Crippen molar-refractivity contribution >= 4 is 17.9 Å². The highest BCUT2D eigenvalue weighted by atomic mass is 19.1. The third-order valence-corrected chi connectivity index (χ3v) is 5.53. The summed E-state index contributed by atoms with van der Waals surface area (Å²) in [5.74, 6) is -0.871. The Hall–Kier alpha value is -3.84. The van der Waals surface area contributed by atoms with Crippen molar-refractivity contribution < 1.29 is 13.6 Å². The zero-order valence-electron chi connectivity index (χ0n) is 16.7. The van der Waals surface area contributed by atoms with Gasteiger partial charge in [-0.05, 0) is 65.9 Å². The minimum absolute atomic E-state index is 0.157. The molecule has 0 bridgehead atoms. The van der Waals surface area contributed by atoms with E-state index in [0.717, 1.165) is 5.56 Å². The highest BCUT2D eigenvalue weighted by Crippen LogP contribution is 2.43. The topological polar surface area (TPSA) is 40.9 Å². The Balaban J connectivity index is 1.83. The van der Waals surface area contributed by atoms with Crippen LogP contribution >= 0.6 is 0 Å². The Labute approximate surface area is 179 Å². The van der Waals surface area contributed by atoms with Crippen LogP contribution in [0.1, 0.15) is 29.5 Å². The van der Waals surface area contributed by atoms with E-state index in [2.05, 4.69) is 6.07 Å². The van der Waals surface area contributed by atoms with Crippen LogP contribution in [-0.2, 0) is 10.2 Å². The highest BCUT2D eigenvalue weighted by molar-refractivity contribution is 6.14. The fraction of sp³-hybridized carbons (Fsp3) is 0.111. The molecule has 0 aromatic heterocycles. The van der Waals surface area contributed by atoms with Gasteiger partial charge in [-0.2, -0.15) is 5.26 Å². The molecule has 0 radical (unpaired) electrons. The number of carbonyl (C=O) groups excluding carboxylic acids is 1. The molecule has 0 spiro atoms. The summed E-state index contributed by atoms with van der Waals surface area (Å²) in [7, 11) is 0. The predicted molar refractivity (Wildman–Crippen MR) is 117 cm³/mol. The molecule has 0 saturated heterocycles. The van der Waals surface area contributed by atoms with Gasteiger partial charge in [-0.15, -0.1) is 0 Å². The van der Waals surface area contributed by atoms with Crippen molar-refractivity contribution in [3.05, 3.63) is 118 Å². The van der Waals surface area contributed by atoms with Gasteiger partial charge in [0.2, 0.25) is 0 Å². The smallest absolute Gasteiger partial charge is 0.185 e. The van der Waals surface area contributed by atoms with Crippen molar-refractivity contribution in [2.75, 3.05) is 0 Å². The standard InChI is InChI=1S/C27H19F2NO/c28-24-10-6-19(7-11-24)14-21-16-27(18-30,23-4-2-1-3-5-23)17-22(26(21)31)15-20-8-12-25(29)13-9-20/h1-15H,16-17H2. The molecular weight excluding hydrogens is 392 g/mol. The van der Waals surface area contributed by atoms with E-state index in [9.17, 15) is 18.8 Å². The van der Waals surface area contributed by atoms with Crippen LogP contribution in [0.2, 0.25) is 0 Å². The normalized spacial score (nSPS) is 21.3. The van der Waals surface area contributed by atoms with E-state index in [4.69, 9.17) is 0 Å². The molecule has 0 aliphatic heterocycles. The van der Waals surface area contributed by atoms with E-state index in [-0.39, 0.29) is 30.3 Å². The Kier molecular flexibility index (Phi) is 5.60. The van der Waals surface area contributed by atoms with Gasteiger partial charge in [0.05, 0.1) is 11.5 Å². The molecule has 2 nitrogen and oxygen atoms in total. The fourth-order valence-corrected chi connectivity index (χ4v) is 3.94. The summed E-state index contributed by atoms with van der Waals surface area (Å²) in [6.45, 7) is 0. The predicted octanol–water partition coefficient (Wildman–Crippen LogP) is 6.26. The number of carbonyl (C=O) groups is 1. The first-order chi connectivity index (χ1) is 15.0. The van der Waals surface area contributed by atoms with Crippen LogP contribution in [0, 0.1) is 23.0 Å². The Morgan fingerprint density at radius 1 is 0.742 bits per heavy atom. The van der Waals surface area contributed by atoms with Crippen LogP contribution in [0.25, 0.3) is 12.2 Å². The second kappa shape index (κ2) is 8.49. The monoisotopic (exact) mass is 411 g/mol. The lowest BCUT2D eigenvalue weighted by Gasteiger charge is -2.33. The van der Waals surface area contributed by atoms with E-state index in [1.165, 1.54) is 24.3 Å². The molecule has 0 heterocycles. The summed E-state index contributed by atoms with van der Waals surface area (Å²) >= 11 is 0. The van der Waals surface area contributed by atoms with E-state index >= 15 is 0 Å². The zero-order chi connectivity index (χ0) is 21.8. The van der Waals surface area contributed by atoms with Crippen LogP contribution in [0.15, 0.2) is 90.0 Å². The Morgan fingerprint density at radius 3 is 1.61 bits per heavy atom. The molecule has 152 valence electrons. The van der Waals surface area contributed by atoms with Crippen molar-refractivity contribution in [1.29, 1.82) is 5.26 Å². The summed E-state index contributed by atoms with van der Waals surface area (Å²) in [5.41, 5.74) is 2.26. The summed E-state index contributed by atoms with van der Waals surface area (Å²) < 4.78 is 26.6. The van der Waals surface area contributed by atoms with Crippen molar-refractivity contribution in [2.24, 2.45) is 0 Å². The van der Waals surface area contributed by atoms with E-state index in [0.29, 0.717) is 22.3 Å². The van der Waals surface area contributed by atoms with E-state index in [1.807, 2.05) is 30.3 Å². The summed E-state index contributed by atoms with van der Waals surface area (Å²) in [4.78, 5) is 13.3. The lowest BCUT2D eigenvalue weighted by molar-refractivity contribution is -0.113. The molecule has 31 heavy (non-hydrogen) atoms. The first-order valence-electron chi connectivity index (χ1n) is 9.93. The number of ketones is 1. The average molecular weight is 411 g/mol. The van der Waals surface area contributed by atoms with Gasteiger partial charge in [0.15, 0.2) is 5.78 Å². The third kappa shape index (κ3) is 4.36. The molecule has 1 saturated carbocycles. The number of rotatable bonds is 3. The molecule has 0 amide bonds. The number of nitrogens with zero attached hydrogens (tertiary/aromatic N) is 1. The minimum Gasteiger partial charge on any atom is -0.289 e. The van der Waals surface area contributed by atoms with Gasteiger partial charge in [-0.1, -0.05) is 54.6 Å². The Bertz CT molecular complexity index is 1130. The number of benzene rings is 3. The molecule has 3 aromatic carbocycles. The molecule has 0 N–H and O–H groups in total. The maximum atomic E-state index is 13.3.